The molecule has 4 heteroatoms. The molecule has 0 atom stereocenters. The highest BCUT2D eigenvalue weighted by molar-refractivity contribution is 7.98. The first kappa shape index (κ1) is 11.7. The zero-order chi connectivity index (χ0) is 10.4. The van der Waals surface area contributed by atoms with Crippen LogP contribution in [0.4, 0.5) is 0 Å². The first-order valence-electron chi connectivity index (χ1n) is 5.27. The summed E-state index contributed by atoms with van der Waals surface area (Å²) >= 11 is 1.89. The molecule has 0 unspecified atom stereocenters. The van der Waals surface area contributed by atoms with Gasteiger partial charge in [0.25, 0.3) is 0 Å². The Kier molecular flexibility index (Phi) is 5.15. The maximum atomic E-state index is 5.84. The fraction of sp³-hybridized carbons (Fsp3) is 0.900. The third kappa shape index (κ3) is 4.22. The SMILES string of the molecule is CSCCCCN=C(N)N(C)C1CC1. The Morgan fingerprint density at radius 2 is 2.21 bits per heavy atom. The van der Waals surface area contributed by atoms with Crippen LogP contribution in [0.25, 0.3) is 0 Å². The van der Waals surface area contributed by atoms with E-state index in [0.717, 1.165) is 18.9 Å². The Morgan fingerprint density at radius 1 is 1.50 bits per heavy atom. The van der Waals surface area contributed by atoms with Crippen molar-refractivity contribution in [3.8, 4) is 0 Å². The molecule has 0 aromatic carbocycles. The monoisotopic (exact) mass is 215 g/mol. The van der Waals surface area contributed by atoms with Crippen LogP contribution < -0.4 is 5.73 Å². The fourth-order valence-corrected chi connectivity index (χ4v) is 1.81. The summed E-state index contributed by atoms with van der Waals surface area (Å²) in [5.41, 5.74) is 5.84. The Morgan fingerprint density at radius 3 is 2.79 bits per heavy atom. The summed E-state index contributed by atoms with van der Waals surface area (Å²) < 4.78 is 0. The third-order valence-electron chi connectivity index (χ3n) is 2.49. The Hall–Kier alpha value is -0.380. The van der Waals surface area contributed by atoms with Crippen LogP contribution >= 0.6 is 11.8 Å². The van der Waals surface area contributed by atoms with Crippen LogP contribution in [0.3, 0.4) is 0 Å². The van der Waals surface area contributed by atoms with Gasteiger partial charge in [-0.05, 0) is 37.7 Å². The number of hydrogen-bond donors (Lipinski definition) is 1. The van der Waals surface area contributed by atoms with Gasteiger partial charge in [-0.1, -0.05) is 0 Å². The number of nitrogens with zero attached hydrogens (tertiary/aromatic N) is 2. The second kappa shape index (κ2) is 6.17. The summed E-state index contributed by atoms with van der Waals surface area (Å²) in [6.45, 7) is 0.878. The van der Waals surface area contributed by atoms with Crippen molar-refractivity contribution in [2.24, 2.45) is 10.7 Å². The standard InChI is InChI=1S/C10H21N3S/c1-13(9-5-6-9)10(11)12-7-3-4-8-14-2/h9H,3-8H2,1-2H3,(H2,11,12). The lowest BCUT2D eigenvalue weighted by Crippen LogP contribution is -2.35. The van der Waals surface area contributed by atoms with E-state index in [1.54, 1.807) is 0 Å². The van der Waals surface area contributed by atoms with Gasteiger partial charge in [0.2, 0.25) is 0 Å². The van der Waals surface area contributed by atoms with E-state index in [1.165, 1.54) is 25.0 Å². The largest absolute Gasteiger partial charge is 0.370 e. The molecule has 1 aliphatic rings. The van der Waals surface area contributed by atoms with Gasteiger partial charge in [0.1, 0.15) is 0 Å². The van der Waals surface area contributed by atoms with Crippen molar-refractivity contribution in [2.45, 2.75) is 31.7 Å². The van der Waals surface area contributed by atoms with Crippen molar-refractivity contribution >= 4 is 17.7 Å². The van der Waals surface area contributed by atoms with E-state index in [0.29, 0.717) is 6.04 Å². The molecule has 0 aliphatic heterocycles. The van der Waals surface area contributed by atoms with E-state index < -0.39 is 0 Å². The zero-order valence-electron chi connectivity index (χ0n) is 9.20. The van der Waals surface area contributed by atoms with E-state index in [1.807, 2.05) is 18.8 Å². The Balaban J connectivity index is 2.09. The first-order chi connectivity index (χ1) is 6.75. The summed E-state index contributed by atoms with van der Waals surface area (Å²) in [7, 11) is 2.04. The summed E-state index contributed by atoms with van der Waals surface area (Å²) in [6.07, 6.45) is 7.09. The molecule has 1 saturated carbocycles. The van der Waals surface area contributed by atoms with Crippen LogP contribution in [0.5, 0.6) is 0 Å². The molecule has 0 aromatic rings. The molecule has 0 heterocycles. The van der Waals surface area contributed by atoms with Gasteiger partial charge in [0.15, 0.2) is 5.96 Å². The molecule has 0 radical (unpaired) electrons. The van der Waals surface area contributed by atoms with E-state index in [2.05, 4.69) is 16.1 Å². The molecule has 0 spiro atoms. The first-order valence-corrected chi connectivity index (χ1v) is 6.66. The Labute approximate surface area is 91.1 Å². The Bertz CT molecular complexity index is 190. The van der Waals surface area contributed by atoms with Gasteiger partial charge in [0, 0.05) is 19.6 Å². The molecule has 1 fully saturated rings. The van der Waals surface area contributed by atoms with Crippen LogP contribution in [0.1, 0.15) is 25.7 Å². The van der Waals surface area contributed by atoms with E-state index in [9.17, 15) is 0 Å². The molecule has 0 amide bonds. The third-order valence-corrected chi connectivity index (χ3v) is 3.18. The number of hydrogen-bond acceptors (Lipinski definition) is 2. The molecule has 0 saturated heterocycles. The topological polar surface area (TPSA) is 41.6 Å². The number of guanidine groups is 1. The average Bonchev–Trinajstić information content (AvgIpc) is 2.99. The van der Waals surface area contributed by atoms with E-state index in [-0.39, 0.29) is 0 Å². The van der Waals surface area contributed by atoms with Gasteiger partial charge in [-0.15, -0.1) is 0 Å². The second-order valence-electron chi connectivity index (χ2n) is 3.78. The highest BCUT2D eigenvalue weighted by Gasteiger charge is 2.27. The summed E-state index contributed by atoms with van der Waals surface area (Å²) in [4.78, 5) is 6.47. The maximum Gasteiger partial charge on any atom is 0.191 e. The number of nitrogens with two attached hydrogens (primary N) is 1. The van der Waals surface area contributed by atoms with Crippen LogP contribution in [-0.4, -0.2) is 42.5 Å². The number of thioether (sulfide) groups is 1. The fourth-order valence-electron chi connectivity index (χ4n) is 1.31. The quantitative estimate of drug-likeness (QED) is 0.415. The molecule has 1 aliphatic carbocycles. The molecular weight excluding hydrogens is 194 g/mol. The van der Waals surface area contributed by atoms with Crippen molar-refractivity contribution in [2.75, 3.05) is 25.6 Å². The van der Waals surface area contributed by atoms with E-state index >= 15 is 0 Å². The molecule has 0 bridgehead atoms. The number of unbranched alkanes of at least 4 members (excludes halogenated alkanes) is 1. The van der Waals surface area contributed by atoms with Crippen LogP contribution in [0, 0.1) is 0 Å². The van der Waals surface area contributed by atoms with Gasteiger partial charge in [-0.25, -0.2) is 0 Å². The lowest BCUT2D eigenvalue weighted by molar-refractivity contribution is 0.487. The highest BCUT2D eigenvalue weighted by Crippen LogP contribution is 2.24. The van der Waals surface area contributed by atoms with Gasteiger partial charge >= 0.3 is 0 Å². The average molecular weight is 215 g/mol. The minimum atomic E-state index is 0.671. The molecule has 14 heavy (non-hydrogen) atoms. The summed E-state index contributed by atoms with van der Waals surface area (Å²) in [5, 5.41) is 0. The second-order valence-corrected chi connectivity index (χ2v) is 4.77. The normalized spacial score (nSPS) is 17.1. The minimum absolute atomic E-state index is 0.671. The molecule has 3 nitrogen and oxygen atoms in total. The van der Waals surface area contributed by atoms with Gasteiger partial charge in [0.05, 0.1) is 0 Å². The van der Waals surface area contributed by atoms with Crippen molar-refractivity contribution in [3.05, 3.63) is 0 Å². The smallest absolute Gasteiger partial charge is 0.191 e. The summed E-state index contributed by atoms with van der Waals surface area (Å²) in [5.74, 6) is 1.95. The highest BCUT2D eigenvalue weighted by atomic mass is 32.2. The number of rotatable bonds is 6. The molecule has 0 aromatic heterocycles. The van der Waals surface area contributed by atoms with Crippen molar-refractivity contribution in [3.63, 3.8) is 0 Å². The van der Waals surface area contributed by atoms with Crippen molar-refractivity contribution < 1.29 is 0 Å². The van der Waals surface area contributed by atoms with Gasteiger partial charge in [-0.3, -0.25) is 4.99 Å². The predicted molar refractivity (Wildman–Crippen MR) is 64.9 cm³/mol. The van der Waals surface area contributed by atoms with Crippen LogP contribution in [0.15, 0.2) is 4.99 Å². The lowest BCUT2D eigenvalue weighted by atomic mass is 10.3. The molecule has 2 N–H and O–H groups in total. The lowest BCUT2D eigenvalue weighted by Gasteiger charge is -2.16. The molecule has 1 rings (SSSR count). The van der Waals surface area contributed by atoms with Crippen LogP contribution in [0.2, 0.25) is 0 Å². The molecular formula is C10H21N3S. The minimum Gasteiger partial charge on any atom is -0.370 e. The van der Waals surface area contributed by atoms with Crippen LogP contribution in [-0.2, 0) is 0 Å². The maximum absolute atomic E-state index is 5.84. The van der Waals surface area contributed by atoms with E-state index in [4.69, 9.17) is 5.73 Å². The number of aliphatic imine (C=N–C) groups is 1. The molecule has 82 valence electrons. The zero-order valence-corrected chi connectivity index (χ0v) is 10.0. The predicted octanol–water partition coefficient (Wildman–Crippen LogP) is 1.54. The van der Waals surface area contributed by atoms with Crippen molar-refractivity contribution in [1.29, 1.82) is 0 Å². The van der Waals surface area contributed by atoms with Gasteiger partial charge < -0.3 is 10.6 Å². The summed E-state index contributed by atoms with van der Waals surface area (Å²) in [6, 6.07) is 0.671. The van der Waals surface area contributed by atoms with Gasteiger partial charge in [-0.2, -0.15) is 11.8 Å². The van der Waals surface area contributed by atoms with Crippen molar-refractivity contribution in [1.82, 2.24) is 4.90 Å².